The summed E-state index contributed by atoms with van der Waals surface area (Å²) in [7, 11) is 0. The molecule has 0 saturated heterocycles. The van der Waals surface area contributed by atoms with Crippen molar-refractivity contribution in [3.63, 3.8) is 0 Å². The van der Waals surface area contributed by atoms with E-state index in [0.717, 1.165) is 122 Å². The normalized spacial score (nSPS) is 12.6. The second-order valence-electron chi connectivity index (χ2n) is 23.1. The fourth-order valence-corrected chi connectivity index (χ4v) is 10.0. The molecule has 80 heavy (non-hydrogen) atoms. The van der Waals surface area contributed by atoms with Gasteiger partial charge in [0.2, 0.25) is 0 Å². The molecule has 0 aliphatic heterocycles. The van der Waals surface area contributed by atoms with Crippen LogP contribution in [0.15, 0.2) is 85.1 Å². The average Bonchev–Trinajstić information content (AvgIpc) is 3.46. The zero-order valence-electron chi connectivity index (χ0n) is 53.1. The molecule has 0 amide bonds. The standard InChI is InChI=1S/C74H130O6/c1-4-7-10-13-16-19-22-24-26-28-30-32-34-36-37-39-40-42-44-46-48-50-52-55-58-61-64-67-73(76)79-70-71(69-78-72(75)66-63-60-57-54-21-18-15-12-9-6-3)80-74(77)68-65-62-59-56-53-51-49-47-45-43-41-38-35-33-31-29-27-25-23-20-17-14-11-8-5-2/h7,10,16,19,24,26,30,32,36-37,40,42,46,48,71H,4-6,8-9,11-15,17-18,20-23,25,27-29,31,33-35,38-39,41,43-45,47,49-70H2,1-3H3/b10-7-,19-16-,26-24-,32-30-,37-36-,42-40-,48-46-. The Labute approximate surface area is 496 Å². The van der Waals surface area contributed by atoms with Gasteiger partial charge in [0.15, 0.2) is 6.10 Å². The summed E-state index contributed by atoms with van der Waals surface area (Å²) >= 11 is 0. The van der Waals surface area contributed by atoms with Crippen LogP contribution in [-0.2, 0) is 28.6 Å². The summed E-state index contributed by atoms with van der Waals surface area (Å²) in [5.74, 6) is -0.882. The van der Waals surface area contributed by atoms with Crippen LogP contribution in [0, 0.1) is 0 Å². The Balaban J connectivity index is 4.24. The number of rotatable bonds is 63. The molecule has 0 bridgehead atoms. The summed E-state index contributed by atoms with van der Waals surface area (Å²) in [6, 6.07) is 0. The van der Waals surface area contributed by atoms with E-state index in [2.05, 4.69) is 106 Å². The zero-order chi connectivity index (χ0) is 57.8. The van der Waals surface area contributed by atoms with Gasteiger partial charge in [-0.25, -0.2) is 0 Å². The molecule has 0 radical (unpaired) electrons. The minimum absolute atomic E-state index is 0.0784. The van der Waals surface area contributed by atoms with Crippen molar-refractivity contribution in [3.05, 3.63) is 85.1 Å². The third kappa shape index (κ3) is 65.4. The summed E-state index contributed by atoms with van der Waals surface area (Å²) < 4.78 is 16.9. The fourth-order valence-electron chi connectivity index (χ4n) is 10.0. The van der Waals surface area contributed by atoms with Crippen molar-refractivity contribution in [2.75, 3.05) is 13.2 Å². The van der Waals surface area contributed by atoms with Gasteiger partial charge in [0, 0.05) is 19.3 Å². The molecular formula is C74H130O6. The van der Waals surface area contributed by atoms with E-state index in [-0.39, 0.29) is 31.1 Å². The molecule has 0 aromatic carbocycles. The maximum Gasteiger partial charge on any atom is 0.306 e. The van der Waals surface area contributed by atoms with E-state index in [4.69, 9.17) is 14.2 Å². The quantitative estimate of drug-likeness (QED) is 0.0261. The first-order valence-electron chi connectivity index (χ1n) is 34.6. The van der Waals surface area contributed by atoms with E-state index in [1.165, 1.54) is 186 Å². The van der Waals surface area contributed by atoms with Gasteiger partial charge in [0.25, 0.3) is 0 Å². The highest BCUT2D eigenvalue weighted by molar-refractivity contribution is 5.71. The van der Waals surface area contributed by atoms with Gasteiger partial charge < -0.3 is 14.2 Å². The summed E-state index contributed by atoms with van der Waals surface area (Å²) in [6.07, 6.45) is 90.4. The third-order valence-corrected chi connectivity index (χ3v) is 15.2. The molecule has 1 unspecified atom stereocenters. The van der Waals surface area contributed by atoms with Crippen LogP contribution in [0.2, 0.25) is 0 Å². The molecule has 0 aromatic heterocycles. The molecule has 0 spiro atoms. The van der Waals surface area contributed by atoms with E-state index >= 15 is 0 Å². The molecule has 462 valence electrons. The largest absolute Gasteiger partial charge is 0.462 e. The highest BCUT2D eigenvalue weighted by Crippen LogP contribution is 2.18. The highest BCUT2D eigenvalue weighted by Gasteiger charge is 2.19. The van der Waals surface area contributed by atoms with Crippen LogP contribution in [0.25, 0.3) is 0 Å². The Morgan fingerprint density at radius 2 is 0.487 bits per heavy atom. The van der Waals surface area contributed by atoms with Crippen molar-refractivity contribution in [2.24, 2.45) is 0 Å². The SMILES string of the molecule is CC/C=C\C/C=C\C/C=C\C/C=C\C/C=C\C/C=C\C/C=C\CCCCCCCC(=O)OCC(COC(=O)CCCCCCCCCCCC)OC(=O)CCCCCCCCCCCCCCCCCCCCCCCCCCC. The van der Waals surface area contributed by atoms with Gasteiger partial charge in [0.1, 0.15) is 13.2 Å². The minimum Gasteiger partial charge on any atom is -0.462 e. The molecule has 0 aliphatic carbocycles. The Hall–Kier alpha value is -3.41. The Bertz CT molecular complexity index is 1520. The van der Waals surface area contributed by atoms with Crippen molar-refractivity contribution in [1.82, 2.24) is 0 Å². The van der Waals surface area contributed by atoms with Gasteiger partial charge >= 0.3 is 17.9 Å². The lowest BCUT2D eigenvalue weighted by Gasteiger charge is -2.18. The molecule has 0 N–H and O–H groups in total. The van der Waals surface area contributed by atoms with Gasteiger partial charge in [-0.1, -0.05) is 337 Å². The zero-order valence-corrected chi connectivity index (χ0v) is 53.1. The third-order valence-electron chi connectivity index (χ3n) is 15.2. The summed E-state index contributed by atoms with van der Waals surface area (Å²) in [5, 5.41) is 0. The van der Waals surface area contributed by atoms with Crippen LogP contribution >= 0.6 is 0 Å². The molecule has 0 rings (SSSR count). The number of ether oxygens (including phenoxy) is 3. The maximum absolute atomic E-state index is 12.9. The van der Waals surface area contributed by atoms with Crippen LogP contribution in [0.4, 0.5) is 0 Å². The number of hydrogen-bond acceptors (Lipinski definition) is 6. The smallest absolute Gasteiger partial charge is 0.306 e. The van der Waals surface area contributed by atoms with Crippen LogP contribution in [-0.4, -0.2) is 37.2 Å². The lowest BCUT2D eigenvalue weighted by atomic mass is 10.0. The summed E-state index contributed by atoms with van der Waals surface area (Å²) in [4.78, 5) is 38.3. The maximum atomic E-state index is 12.9. The Kier molecular flexibility index (Phi) is 65.2. The molecule has 0 aliphatic rings. The second-order valence-corrected chi connectivity index (χ2v) is 23.1. The van der Waals surface area contributed by atoms with Crippen LogP contribution in [0.3, 0.4) is 0 Å². The first kappa shape index (κ1) is 76.6. The number of allylic oxidation sites excluding steroid dienone is 14. The molecular weight excluding hydrogens is 985 g/mol. The minimum atomic E-state index is -0.783. The Morgan fingerprint density at radius 3 is 0.762 bits per heavy atom. The van der Waals surface area contributed by atoms with Crippen LogP contribution < -0.4 is 0 Å². The van der Waals surface area contributed by atoms with Crippen molar-refractivity contribution in [3.8, 4) is 0 Å². The predicted octanol–water partition coefficient (Wildman–Crippen LogP) is 23.8. The molecule has 0 heterocycles. The topological polar surface area (TPSA) is 78.9 Å². The number of unbranched alkanes of at least 4 members (excludes halogenated alkanes) is 38. The highest BCUT2D eigenvalue weighted by atomic mass is 16.6. The summed E-state index contributed by atoms with van der Waals surface area (Å²) in [6.45, 7) is 6.55. The van der Waals surface area contributed by atoms with Gasteiger partial charge in [-0.2, -0.15) is 0 Å². The van der Waals surface area contributed by atoms with E-state index in [1.54, 1.807) is 0 Å². The van der Waals surface area contributed by atoms with Crippen LogP contribution in [0.1, 0.15) is 348 Å². The van der Waals surface area contributed by atoms with Crippen LogP contribution in [0.5, 0.6) is 0 Å². The van der Waals surface area contributed by atoms with Crippen molar-refractivity contribution >= 4 is 17.9 Å². The van der Waals surface area contributed by atoms with E-state index in [1.807, 2.05) is 0 Å². The van der Waals surface area contributed by atoms with Crippen molar-refractivity contribution in [2.45, 2.75) is 354 Å². The molecule has 0 saturated carbocycles. The first-order valence-corrected chi connectivity index (χ1v) is 34.6. The van der Waals surface area contributed by atoms with Crippen molar-refractivity contribution in [1.29, 1.82) is 0 Å². The second kappa shape index (κ2) is 68.1. The monoisotopic (exact) mass is 1110 g/mol. The number of carbonyl (C=O) groups is 3. The number of esters is 3. The lowest BCUT2D eigenvalue weighted by molar-refractivity contribution is -0.167. The first-order chi connectivity index (χ1) is 39.5. The Morgan fingerprint density at radius 1 is 0.263 bits per heavy atom. The van der Waals surface area contributed by atoms with Gasteiger partial charge in [-0.15, -0.1) is 0 Å². The average molecular weight is 1120 g/mol. The molecule has 0 fully saturated rings. The number of carbonyl (C=O) groups excluding carboxylic acids is 3. The van der Waals surface area contributed by atoms with E-state index in [9.17, 15) is 14.4 Å². The lowest BCUT2D eigenvalue weighted by Crippen LogP contribution is -2.30. The molecule has 6 nitrogen and oxygen atoms in total. The van der Waals surface area contributed by atoms with E-state index < -0.39 is 6.10 Å². The van der Waals surface area contributed by atoms with Gasteiger partial charge in [0.05, 0.1) is 0 Å². The number of hydrogen-bond donors (Lipinski definition) is 0. The molecule has 6 heteroatoms. The van der Waals surface area contributed by atoms with Crippen molar-refractivity contribution < 1.29 is 28.6 Å². The molecule has 0 aromatic rings. The molecule has 1 atom stereocenters. The predicted molar refractivity (Wildman–Crippen MR) is 348 cm³/mol. The van der Waals surface area contributed by atoms with Gasteiger partial charge in [-0.05, 0) is 77.0 Å². The van der Waals surface area contributed by atoms with E-state index in [0.29, 0.717) is 19.3 Å². The summed E-state index contributed by atoms with van der Waals surface area (Å²) in [5.41, 5.74) is 0. The van der Waals surface area contributed by atoms with Gasteiger partial charge in [-0.3, -0.25) is 14.4 Å². The fraction of sp³-hybridized carbons (Fsp3) is 0.770.